The van der Waals surface area contributed by atoms with E-state index in [4.69, 9.17) is 0 Å². The van der Waals surface area contributed by atoms with Crippen molar-refractivity contribution in [2.24, 2.45) is 0 Å². The predicted molar refractivity (Wildman–Crippen MR) is 113 cm³/mol. The quantitative estimate of drug-likeness (QED) is 0.415. The molecule has 2 aromatic carbocycles. The lowest BCUT2D eigenvalue weighted by Crippen LogP contribution is -2.49. The second kappa shape index (κ2) is 9.10. The summed E-state index contributed by atoms with van der Waals surface area (Å²) in [5.41, 5.74) is 2.35. The number of hydrogen-bond acceptors (Lipinski definition) is 5. The van der Waals surface area contributed by atoms with Crippen molar-refractivity contribution in [3.8, 4) is 0 Å². The average molecular weight is 400 g/mol. The molecule has 0 aromatic heterocycles. The highest BCUT2D eigenvalue weighted by atomic mass is 32.2. The van der Waals surface area contributed by atoms with Crippen LogP contribution in [0.25, 0.3) is 0 Å². The van der Waals surface area contributed by atoms with Gasteiger partial charge in [0.25, 0.3) is 5.69 Å². The largest absolute Gasteiger partial charge is 0.368 e. The third-order valence-electron chi connectivity index (χ3n) is 4.97. The maximum absolute atomic E-state index is 12.5. The summed E-state index contributed by atoms with van der Waals surface area (Å²) in [5, 5.41) is 10.8. The summed E-state index contributed by atoms with van der Waals surface area (Å²) in [6, 6.07) is 15.0. The number of nitro benzene ring substituents is 1. The number of nitro groups is 1. The number of hydrogen-bond donors (Lipinski definition) is 0. The summed E-state index contributed by atoms with van der Waals surface area (Å²) < 4.78 is 0. The van der Waals surface area contributed by atoms with E-state index in [2.05, 4.69) is 43.0 Å². The first kappa shape index (κ1) is 20.2. The zero-order chi connectivity index (χ0) is 20.1. The van der Waals surface area contributed by atoms with E-state index in [1.54, 1.807) is 23.9 Å². The second-order valence-corrected chi connectivity index (χ2v) is 8.20. The Bertz CT molecular complexity index is 814. The van der Waals surface area contributed by atoms with Crippen molar-refractivity contribution in [3.05, 3.63) is 64.2 Å². The summed E-state index contributed by atoms with van der Waals surface area (Å²) >= 11 is 1.58. The van der Waals surface area contributed by atoms with E-state index < -0.39 is 4.92 Å². The van der Waals surface area contributed by atoms with Crippen LogP contribution in [0.2, 0.25) is 0 Å². The van der Waals surface area contributed by atoms with Gasteiger partial charge in [0.2, 0.25) is 5.91 Å². The molecule has 0 atom stereocenters. The van der Waals surface area contributed by atoms with Crippen LogP contribution in [0.3, 0.4) is 0 Å². The minimum atomic E-state index is -0.394. The van der Waals surface area contributed by atoms with Gasteiger partial charge in [-0.3, -0.25) is 14.9 Å². The van der Waals surface area contributed by atoms with Crippen LogP contribution < -0.4 is 4.90 Å². The number of non-ortho nitro benzene ring substituents is 1. The Hall–Kier alpha value is -2.54. The molecule has 148 valence electrons. The Morgan fingerprint density at radius 2 is 1.64 bits per heavy atom. The maximum atomic E-state index is 12.5. The summed E-state index contributed by atoms with van der Waals surface area (Å²) in [5.74, 6) is 1.10. The van der Waals surface area contributed by atoms with Gasteiger partial charge >= 0.3 is 0 Å². The van der Waals surface area contributed by atoms with Gasteiger partial charge in [0.1, 0.15) is 0 Å². The van der Waals surface area contributed by atoms with Crippen LogP contribution in [0, 0.1) is 10.1 Å². The van der Waals surface area contributed by atoms with E-state index in [0.717, 1.165) is 23.7 Å². The molecule has 1 aliphatic rings. The number of nitrogens with zero attached hydrogens (tertiary/aromatic N) is 3. The van der Waals surface area contributed by atoms with E-state index in [1.165, 1.54) is 17.7 Å². The molecule has 1 aliphatic heterocycles. The van der Waals surface area contributed by atoms with E-state index in [9.17, 15) is 14.9 Å². The minimum Gasteiger partial charge on any atom is -0.368 e. The molecule has 0 saturated carbocycles. The van der Waals surface area contributed by atoms with Gasteiger partial charge in [0.15, 0.2) is 0 Å². The van der Waals surface area contributed by atoms with Crippen LogP contribution in [0.15, 0.2) is 53.4 Å². The van der Waals surface area contributed by atoms with Crippen molar-refractivity contribution in [1.29, 1.82) is 0 Å². The third-order valence-corrected chi connectivity index (χ3v) is 5.96. The smallest absolute Gasteiger partial charge is 0.269 e. The number of rotatable bonds is 6. The summed E-state index contributed by atoms with van der Waals surface area (Å²) in [4.78, 5) is 28.1. The van der Waals surface area contributed by atoms with Gasteiger partial charge in [-0.1, -0.05) is 26.0 Å². The first-order valence-corrected chi connectivity index (χ1v) is 10.4. The molecule has 1 amide bonds. The van der Waals surface area contributed by atoms with Gasteiger partial charge in [-0.25, -0.2) is 0 Å². The van der Waals surface area contributed by atoms with Crippen molar-refractivity contribution in [1.82, 2.24) is 4.90 Å². The molecule has 0 bridgehead atoms. The van der Waals surface area contributed by atoms with Crippen molar-refractivity contribution in [2.75, 3.05) is 36.8 Å². The lowest BCUT2D eigenvalue weighted by Gasteiger charge is -2.36. The van der Waals surface area contributed by atoms with E-state index in [0.29, 0.717) is 24.8 Å². The molecule has 1 fully saturated rings. The molecule has 3 rings (SSSR count). The molecular formula is C21H25N3O3S. The zero-order valence-corrected chi connectivity index (χ0v) is 17.0. The molecule has 0 N–H and O–H groups in total. The summed E-state index contributed by atoms with van der Waals surface area (Å²) in [6.07, 6.45) is 0. The lowest BCUT2D eigenvalue weighted by molar-refractivity contribution is -0.384. The van der Waals surface area contributed by atoms with Crippen LogP contribution in [0.1, 0.15) is 25.3 Å². The highest BCUT2D eigenvalue weighted by molar-refractivity contribution is 8.00. The van der Waals surface area contributed by atoms with E-state index in [-0.39, 0.29) is 11.6 Å². The fourth-order valence-electron chi connectivity index (χ4n) is 3.18. The van der Waals surface area contributed by atoms with Gasteiger partial charge < -0.3 is 9.80 Å². The van der Waals surface area contributed by atoms with Crippen molar-refractivity contribution in [3.63, 3.8) is 0 Å². The standard InChI is InChI=1S/C21H25N3O3S/c1-16(2)17-3-9-20(10-4-17)28-15-21(25)23-13-11-22(12-14-23)18-5-7-19(8-6-18)24(26)27/h3-10,16H,11-15H2,1-2H3. The number of piperazine rings is 1. The molecule has 1 saturated heterocycles. The molecule has 0 spiro atoms. The highest BCUT2D eigenvalue weighted by Gasteiger charge is 2.21. The van der Waals surface area contributed by atoms with Crippen LogP contribution in [0.4, 0.5) is 11.4 Å². The molecule has 0 aliphatic carbocycles. The van der Waals surface area contributed by atoms with Crippen molar-refractivity contribution in [2.45, 2.75) is 24.7 Å². The van der Waals surface area contributed by atoms with Gasteiger partial charge in [-0.15, -0.1) is 11.8 Å². The SMILES string of the molecule is CC(C)c1ccc(SCC(=O)N2CCN(c3ccc([N+](=O)[O-])cc3)CC2)cc1. The summed E-state index contributed by atoms with van der Waals surface area (Å²) in [6.45, 7) is 7.14. The normalized spacial score (nSPS) is 14.4. The Labute approximate surface area is 169 Å². The Kier molecular flexibility index (Phi) is 6.57. The average Bonchev–Trinajstić information content (AvgIpc) is 2.72. The fourth-order valence-corrected chi connectivity index (χ4v) is 3.99. The maximum Gasteiger partial charge on any atom is 0.269 e. The molecule has 0 radical (unpaired) electrons. The molecule has 0 unspecified atom stereocenters. The second-order valence-electron chi connectivity index (χ2n) is 7.15. The van der Waals surface area contributed by atoms with Crippen LogP contribution in [-0.2, 0) is 4.79 Å². The topological polar surface area (TPSA) is 66.7 Å². The Morgan fingerprint density at radius 3 is 2.18 bits per heavy atom. The van der Waals surface area contributed by atoms with E-state index in [1.807, 2.05) is 4.90 Å². The number of carbonyl (C=O) groups excluding carboxylic acids is 1. The van der Waals surface area contributed by atoms with Gasteiger partial charge in [-0.2, -0.15) is 0 Å². The van der Waals surface area contributed by atoms with Crippen LogP contribution in [-0.4, -0.2) is 47.7 Å². The van der Waals surface area contributed by atoms with Crippen molar-refractivity contribution < 1.29 is 9.72 Å². The molecule has 1 heterocycles. The summed E-state index contributed by atoms with van der Waals surface area (Å²) in [7, 11) is 0. The fraction of sp³-hybridized carbons (Fsp3) is 0.381. The molecule has 6 nitrogen and oxygen atoms in total. The number of carbonyl (C=O) groups is 1. The van der Waals surface area contributed by atoms with Gasteiger partial charge in [-0.05, 0) is 35.7 Å². The van der Waals surface area contributed by atoms with Crippen LogP contribution in [0.5, 0.6) is 0 Å². The van der Waals surface area contributed by atoms with Gasteiger partial charge in [0, 0.05) is 48.9 Å². The monoisotopic (exact) mass is 399 g/mol. The number of benzene rings is 2. The first-order chi connectivity index (χ1) is 13.4. The Morgan fingerprint density at radius 1 is 1.04 bits per heavy atom. The van der Waals surface area contributed by atoms with E-state index >= 15 is 0 Å². The van der Waals surface area contributed by atoms with Crippen molar-refractivity contribution >= 4 is 29.0 Å². The Balaban J connectivity index is 1.47. The number of anilines is 1. The molecule has 28 heavy (non-hydrogen) atoms. The zero-order valence-electron chi connectivity index (χ0n) is 16.2. The predicted octanol–water partition coefficient (Wildman–Crippen LogP) is 4.16. The first-order valence-electron chi connectivity index (χ1n) is 9.44. The number of amides is 1. The molecule has 2 aromatic rings. The molecule has 7 heteroatoms. The lowest BCUT2D eigenvalue weighted by atomic mass is 10.0. The van der Waals surface area contributed by atoms with Gasteiger partial charge in [0.05, 0.1) is 10.7 Å². The minimum absolute atomic E-state index is 0.0935. The highest BCUT2D eigenvalue weighted by Crippen LogP contribution is 2.23. The number of thioether (sulfide) groups is 1. The molecular weight excluding hydrogens is 374 g/mol. The van der Waals surface area contributed by atoms with Crippen LogP contribution >= 0.6 is 11.8 Å². The third kappa shape index (κ3) is 5.04.